The number of amides is 2. The number of aliphatic hydroxyl groups is 1. The molecule has 0 spiro atoms. The lowest BCUT2D eigenvalue weighted by atomic mass is 10.0. The van der Waals surface area contributed by atoms with Gasteiger partial charge in [-0.3, -0.25) is 9.59 Å². The third kappa shape index (κ3) is 5.92. The van der Waals surface area contributed by atoms with Crippen molar-refractivity contribution in [2.75, 3.05) is 51.3 Å². The Labute approximate surface area is 236 Å². The van der Waals surface area contributed by atoms with Gasteiger partial charge in [-0.25, -0.2) is 9.37 Å². The monoisotopic (exact) mass is 579 g/mol. The number of halogens is 2. The van der Waals surface area contributed by atoms with E-state index >= 15 is 4.39 Å². The lowest BCUT2D eigenvalue weighted by Crippen LogP contribution is -2.53. The second-order valence-electron chi connectivity index (χ2n) is 11.0. The average Bonchev–Trinajstić information content (AvgIpc) is 3.61. The van der Waals surface area contributed by atoms with E-state index in [4.69, 9.17) is 16.3 Å². The maximum atomic E-state index is 15.2. The fraction of sp³-hybridized carbons (Fsp3) is 0.593. The number of aromatic nitrogens is 1. The maximum absolute atomic E-state index is 15.2. The van der Waals surface area contributed by atoms with E-state index in [0.29, 0.717) is 17.7 Å². The highest BCUT2D eigenvalue weighted by molar-refractivity contribution is 7.14. The predicted octanol–water partition coefficient (Wildman–Crippen LogP) is 2.42. The standard InChI is InChI=1S/C27H35ClFN5O4S/c1-15(2)10-20(26(37)34-12-18(28)24-23(34)22(35)13-38-24)30-25(36)16-4-5-17(19(29)11-16)21-14-39-27(31-21)33-8-6-32(3)7-9-33/h4-5,11,14-15,18,20,22-24,35H,6-10,12-13H2,1-3H3,(H,30,36)/t18-,20+,22+,23-,24-/m1/s1. The topological polar surface area (TPSA) is 98.2 Å². The molecule has 0 bridgehead atoms. The summed E-state index contributed by atoms with van der Waals surface area (Å²) in [4.78, 5) is 37.3. The second kappa shape index (κ2) is 11.7. The van der Waals surface area contributed by atoms with Crippen LogP contribution in [-0.4, -0.2) is 108 Å². The van der Waals surface area contributed by atoms with Crippen LogP contribution in [0.4, 0.5) is 9.52 Å². The van der Waals surface area contributed by atoms with Crippen molar-refractivity contribution in [3.05, 3.63) is 35.0 Å². The zero-order valence-electron chi connectivity index (χ0n) is 22.3. The summed E-state index contributed by atoms with van der Waals surface area (Å²) in [5.41, 5.74) is 0.971. The van der Waals surface area contributed by atoms with Crippen molar-refractivity contribution in [3.8, 4) is 11.3 Å². The van der Waals surface area contributed by atoms with Crippen molar-refractivity contribution in [1.29, 1.82) is 0 Å². The molecule has 3 fully saturated rings. The van der Waals surface area contributed by atoms with Crippen LogP contribution in [0.1, 0.15) is 30.6 Å². The number of nitrogens with zero attached hydrogens (tertiary/aromatic N) is 4. The van der Waals surface area contributed by atoms with Gasteiger partial charge in [-0.1, -0.05) is 13.8 Å². The van der Waals surface area contributed by atoms with Crippen LogP contribution in [0.25, 0.3) is 11.3 Å². The molecule has 2 N–H and O–H groups in total. The zero-order chi connectivity index (χ0) is 27.8. The number of hydrogen-bond donors (Lipinski definition) is 2. The van der Waals surface area contributed by atoms with Crippen LogP contribution in [0.5, 0.6) is 0 Å². The SMILES string of the molecule is CC(C)C[C@H](NC(=O)c1ccc(-c2csc(N3CCN(C)CC3)n2)c(F)c1)C(=O)N1C[C@@H](Cl)[C@H]2OC[C@H](O)[C@H]21. The summed E-state index contributed by atoms with van der Waals surface area (Å²) in [6.45, 7) is 7.90. The lowest BCUT2D eigenvalue weighted by Gasteiger charge is -2.32. The Bertz CT molecular complexity index is 1210. The smallest absolute Gasteiger partial charge is 0.252 e. The molecule has 12 heteroatoms. The molecule has 0 unspecified atom stereocenters. The van der Waals surface area contributed by atoms with Crippen LogP contribution >= 0.6 is 22.9 Å². The third-order valence-electron chi connectivity index (χ3n) is 7.64. The molecule has 9 nitrogen and oxygen atoms in total. The minimum atomic E-state index is -0.847. The number of aliphatic hydroxyl groups excluding tert-OH is 1. The van der Waals surface area contributed by atoms with Gasteiger partial charge in [-0.15, -0.1) is 22.9 Å². The number of fused-ring (bicyclic) bond motifs is 1. The molecular weight excluding hydrogens is 545 g/mol. The Morgan fingerprint density at radius 1 is 1.28 bits per heavy atom. The molecule has 4 heterocycles. The van der Waals surface area contributed by atoms with Gasteiger partial charge >= 0.3 is 0 Å². The van der Waals surface area contributed by atoms with Crippen molar-refractivity contribution in [2.24, 2.45) is 5.92 Å². The summed E-state index contributed by atoms with van der Waals surface area (Å²) in [6, 6.07) is 2.90. The molecule has 3 aliphatic rings. The van der Waals surface area contributed by atoms with Gasteiger partial charge in [0.1, 0.15) is 18.0 Å². The molecule has 212 valence electrons. The molecule has 3 saturated heterocycles. The van der Waals surface area contributed by atoms with Crippen molar-refractivity contribution in [2.45, 2.75) is 49.9 Å². The lowest BCUT2D eigenvalue weighted by molar-refractivity contribution is -0.136. The van der Waals surface area contributed by atoms with Crippen LogP contribution in [0.15, 0.2) is 23.6 Å². The van der Waals surface area contributed by atoms with Crippen LogP contribution < -0.4 is 10.2 Å². The zero-order valence-corrected chi connectivity index (χ0v) is 23.9. The van der Waals surface area contributed by atoms with Crippen molar-refractivity contribution in [3.63, 3.8) is 0 Å². The van der Waals surface area contributed by atoms with Gasteiger partial charge < -0.3 is 29.9 Å². The maximum Gasteiger partial charge on any atom is 0.252 e. The fourth-order valence-corrected chi connectivity index (χ4v) is 6.76. The molecule has 1 aromatic carbocycles. The minimum absolute atomic E-state index is 0.104. The summed E-state index contributed by atoms with van der Waals surface area (Å²) in [6.07, 6.45) is -0.885. The molecule has 0 aliphatic carbocycles. The highest BCUT2D eigenvalue weighted by Gasteiger charge is 2.52. The molecule has 2 amide bonds. The van der Waals surface area contributed by atoms with Gasteiger partial charge in [0.15, 0.2) is 5.13 Å². The number of likely N-dealkylation sites (N-methyl/N-ethyl adjacent to an activating group) is 1. The van der Waals surface area contributed by atoms with E-state index in [-0.39, 0.29) is 30.5 Å². The van der Waals surface area contributed by atoms with Crippen molar-refractivity contribution < 1.29 is 23.8 Å². The van der Waals surface area contributed by atoms with E-state index in [0.717, 1.165) is 31.3 Å². The molecule has 3 aliphatic heterocycles. The first-order valence-corrected chi connectivity index (χ1v) is 14.7. The molecule has 5 atom stereocenters. The number of rotatable bonds is 7. The number of alkyl halides is 1. The summed E-state index contributed by atoms with van der Waals surface area (Å²) in [5.74, 6) is -1.32. The number of hydrogen-bond acceptors (Lipinski definition) is 8. The highest BCUT2D eigenvalue weighted by Crippen LogP contribution is 2.34. The second-order valence-corrected chi connectivity index (χ2v) is 12.4. The Kier molecular flexibility index (Phi) is 8.44. The summed E-state index contributed by atoms with van der Waals surface area (Å²) in [7, 11) is 2.09. The molecule has 2 aromatic rings. The molecule has 0 radical (unpaired) electrons. The van der Waals surface area contributed by atoms with E-state index in [2.05, 4.69) is 27.1 Å². The number of carbonyl (C=O) groups is 2. The Balaban J connectivity index is 1.29. The summed E-state index contributed by atoms with van der Waals surface area (Å²) < 4.78 is 20.8. The molecule has 39 heavy (non-hydrogen) atoms. The first-order valence-electron chi connectivity index (χ1n) is 13.4. The number of ether oxygens (including phenoxy) is 1. The van der Waals surface area contributed by atoms with Gasteiger partial charge in [-0.05, 0) is 37.6 Å². The van der Waals surface area contributed by atoms with E-state index < -0.39 is 41.4 Å². The Hall–Kier alpha value is -2.31. The first-order chi connectivity index (χ1) is 18.6. The molecule has 0 saturated carbocycles. The highest BCUT2D eigenvalue weighted by atomic mass is 35.5. The largest absolute Gasteiger partial charge is 0.388 e. The van der Waals surface area contributed by atoms with E-state index in [1.807, 2.05) is 19.2 Å². The van der Waals surface area contributed by atoms with E-state index in [9.17, 15) is 14.7 Å². The van der Waals surface area contributed by atoms with Crippen molar-refractivity contribution >= 4 is 39.9 Å². The number of nitrogens with one attached hydrogen (secondary N) is 1. The van der Waals surface area contributed by atoms with Gasteiger partial charge in [0.05, 0.1) is 29.8 Å². The van der Waals surface area contributed by atoms with Crippen molar-refractivity contribution in [1.82, 2.24) is 20.1 Å². The number of piperazine rings is 1. The predicted molar refractivity (Wildman–Crippen MR) is 149 cm³/mol. The quantitative estimate of drug-likeness (QED) is 0.486. The molecule has 5 rings (SSSR count). The van der Waals surface area contributed by atoms with Gasteiger partial charge in [0, 0.05) is 49.2 Å². The Morgan fingerprint density at radius 2 is 2.03 bits per heavy atom. The van der Waals surface area contributed by atoms with Crippen LogP contribution in [-0.2, 0) is 9.53 Å². The number of thiazole rings is 1. The number of likely N-dealkylation sites (tertiary alicyclic amines) is 1. The van der Waals surface area contributed by atoms with Gasteiger partial charge in [-0.2, -0.15) is 0 Å². The fourth-order valence-electron chi connectivity index (χ4n) is 5.51. The van der Waals surface area contributed by atoms with E-state index in [1.54, 1.807) is 12.1 Å². The molecule has 1 aromatic heterocycles. The van der Waals surface area contributed by atoms with Gasteiger partial charge in [0.25, 0.3) is 5.91 Å². The number of benzene rings is 1. The van der Waals surface area contributed by atoms with Crippen LogP contribution in [0.2, 0.25) is 0 Å². The average molecular weight is 580 g/mol. The summed E-state index contributed by atoms with van der Waals surface area (Å²) >= 11 is 7.88. The Morgan fingerprint density at radius 3 is 2.72 bits per heavy atom. The molecular formula is C27H35ClFN5O4S. The number of carbonyl (C=O) groups excluding carboxylic acids is 2. The summed E-state index contributed by atoms with van der Waals surface area (Å²) in [5, 5.41) is 15.4. The minimum Gasteiger partial charge on any atom is -0.388 e. The normalized spacial score (nSPS) is 26.2. The van der Waals surface area contributed by atoms with Crippen LogP contribution in [0.3, 0.4) is 0 Å². The van der Waals surface area contributed by atoms with Gasteiger partial charge in [0.2, 0.25) is 5.91 Å². The first kappa shape index (κ1) is 28.2. The number of anilines is 1. The van der Waals surface area contributed by atoms with Crippen LogP contribution in [0, 0.1) is 11.7 Å². The van der Waals surface area contributed by atoms with E-state index in [1.165, 1.54) is 22.3 Å². The third-order valence-corrected chi connectivity index (χ3v) is 8.93.